The Balaban J connectivity index is 2.72. The minimum Gasteiger partial charge on any atom is -0.493 e. The van der Waals surface area contributed by atoms with Gasteiger partial charge in [0.05, 0.1) is 20.3 Å². The van der Waals surface area contributed by atoms with E-state index >= 15 is 0 Å². The van der Waals surface area contributed by atoms with Crippen LogP contribution >= 0.6 is 0 Å². The lowest BCUT2D eigenvalue weighted by molar-refractivity contribution is -0.110. The molecule has 1 atom stereocenters. The Hall–Kier alpha value is -1.30. The first-order chi connectivity index (χ1) is 15.1. The van der Waals surface area contributed by atoms with Crippen molar-refractivity contribution in [1.29, 1.82) is 0 Å². The number of nitrogens with zero attached hydrogens (tertiary/aromatic N) is 2. The van der Waals surface area contributed by atoms with Gasteiger partial charge in [-0.1, -0.05) is 19.4 Å². The zero-order chi connectivity index (χ0) is 24.3. The minimum absolute atomic E-state index is 0.0580. The van der Waals surface area contributed by atoms with E-state index in [9.17, 15) is 0 Å². The third kappa shape index (κ3) is 9.29. The molecule has 0 aromatic heterocycles. The van der Waals surface area contributed by atoms with Crippen molar-refractivity contribution < 1.29 is 14.2 Å². The summed E-state index contributed by atoms with van der Waals surface area (Å²) >= 11 is 0. The Morgan fingerprint density at radius 1 is 0.812 bits per heavy atom. The average Bonchev–Trinajstić information content (AvgIpc) is 2.71. The predicted octanol–water partition coefficient (Wildman–Crippen LogP) is 6.00. The minimum atomic E-state index is 0.0580. The summed E-state index contributed by atoms with van der Waals surface area (Å²) in [6.45, 7) is 22.4. The van der Waals surface area contributed by atoms with Crippen molar-refractivity contribution in [3.63, 3.8) is 0 Å². The third-order valence-electron chi connectivity index (χ3n) is 5.84. The Bertz CT molecular complexity index is 615. The molecule has 186 valence electrons. The highest BCUT2D eigenvalue weighted by atomic mass is 16.5. The van der Waals surface area contributed by atoms with E-state index in [4.69, 9.17) is 14.2 Å². The molecule has 0 spiro atoms. The molecule has 0 amide bonds. The molecule has 5 heteroatoms. The van der Waals surface area contributed by atoms with E-state index in [1.807, 2.05) is 6.07 Å². The van der Waals surface area contributed by atoms with Crippen molar-refractivity contribution in [3.8, 4) is 11.5 Å². The van der Waals surface area contributed by atoms with Crippen LogP contribution in [0, 0.1) is 0 Å². The number of hydrogen-bond donors (Lipinski definition) is 0. The average molecular weight is 451 g/mol. The van der Waals surface area contributed by atoms with Gasteiger partial charge in [-0.25, -0.2) is 0 Å². The summed E-state index contributed by atoms with van der Waals surface area (Å²) in [5.41, 5.74) is 1.28. The first-order valence-corrected chi connectivity index (χ1v) is 12.6. The quantitative estimate of drug-likeness (QED) is 0.228. The highest BCUT2D eigenvalue weighted by molar-refractivity contribution is 5.43. The second-order valence-electron chi connectivity index (χ2n) is 9.78. The van der Waals surface area contributed by atoms with Gasteiger partial charge in [-0.2, -0.15) is 0 Å². The first-order valence-electron chi connectivity index (χ1n) is 12.6. The fourth-order valence-electron chi connectivity index (χ4n) is 4.43. The smallest absolute Gasteiger partial charge is 0.161 e. The van der Waals surface area contributed by atoms with E-state index in [1.54, 1.807) is 7.11 Å². The lowest BCUT2D eigenvalue weighted by Gasteiger charge is -2.42. The molecule has 1 rings (SSSR count). The molecule has 5 nitrogen and oxygen atoms in total. The summed E-state index contributed by atoms with van der Waals surface area (Å²) in [5, 5.41) is 0. The summed E-state index contributed by atoms with van der Waals surface area (Å²) in [6, 6.07) is 8.04. The monoisotopic (exact) mass is 450 g/mol. The third-order valence-corrected chi connectivity index (χ3v) is 5.84. The SMILES string of the molecule is CCCc1ccc(OCCCOC(CN(C(C)C)C(C)C)N(C(C)C)C(C)C)c(OC)c1. The molecule has 0 bridgehead atoms. The zero-order valence-electron chi connectivity index (χ0n) is 22.5. The lowest BCUT2D eigenvalue weighted by atomic mass is 10.1. The molecular weight excluding hydrogens is 400 g/mol. The highest BCUT2D eigenvalue weighted by Gasteiger charge is 2.28. The molecule has 0 aliphatic carbocycles. The molecule has 1 aromatic carbocycles. The summed E-state index contributed by atoms with van der Waals surface area (Å²) in [6.07, 6.45) is 3.07. The van der Waals surface area contributed by atoms with Gasteiger partial charge in [0.15, 0.2) is 11.5 Å². The van der Waals surface area contributed by atoms with Gasteiger partial charge in [0.25, 0.3) is 0 Å². The lowest BCUT2D eigenvalue weighted by Crippen LogP contribution is -2.54. The second kappa shape index (κ2) is 14.8. The van der Waals surface area contributed by atoms with Crippen LogP contribution in [0.5, 0.6) is 11.5 Å². The molecule has 0 aliphatic rings. The van der Waals surface area contributed by atoms with Crippen molar-refractivity contribution in [2.24, 2.45) is 0 Å². The molecule has 0 fully saturated rings. The van der Waals surface area contributed by atoms with Crippen molar-refractivity contribution in [1.82, 2.24) is 9.80 Å². The maximum Gasteiger partial charge on any atom is 0.161 e. The largest absolute Gasteiger partial charge is 0.493 e. The molecule has 0 saturated heterocycles. The topological polar surface area (TPSA) is 34.2 Å². The van der Waals surface area contributed by atoms with Gasteiger partial charge in [-0.15, -0.1) is 0 Å². The van der Waals surface area contributed by atoms with E-state index in [2.05, 4.69) is 84.2 Å². The van der Waals surface area contributed by atoms with Gasteiger partial charge in [0, 0.05) is 37.1 Å². The molecule has 1 unspecified atom stereocenters. The molecular formula is C27H50N2O3. The van der Waals surface area contributed by atoms with Crippen LogP contribution < -0.4 is 9.47 Å². The number of hydrogen-bond acceptors (Lipinski definition) is 5. The fraction of sp³-hybridized carbons (Fsp3) is 0.778. The molecule has 32 heavy (non-hydrogen) atoms. The standard InChI is InChI=1S/C27H50N2O3/c1-11-13-24-14-15-25(26(18-24)30-10)31-16-12-17-32-27(29(22(6)7)23(8)9)19-28(20(2)3)21(4)5/h14-15,18,20-23,27H,11-13,16-17,19H2,1-10H3. The molecule has 0 aliphatic heterocycles. The van der Waals surface area contributed by atoms with Crippen LogP contribution in [-0.4, -0.2) is 67.1 Å². The first kappa shape index (κ1) is 28.7. The van der Waals surface area contributed by atoms with E-state index < -0.39 is 0 Å². The Morgan fingerprint density at radius 2 is 1.44 bits per heavy atom. The Labute approximate surface area is 198 Å². The van der Waals surface area contributed by atoms with Gasteiger partial charge < -0.3 is 14.2 Å². The number of benzene rings is 1. The van der Waals surface area contributed by atoms with Gasteiger partial charge in [0.2, 0.25) is 0 Å². The Morgan fingerprint density at radius 3 is 1.94 bits per heavy atom. The summed E-state index contributed by atoms with van der Waals surface area (Å²) in [5.74, 6) is 1.62. The van der Waals surface area contributed by atoms with Crippen LogP contribution in [0.2, 0.25) is 0 Å². The van der Waals surface area contributed by atoms with Gasteiger partial charge in [0.1, 0.15) is 6.23 Å². The van der Waals surface area contributed by atoms with Gasteiger partial charge in [-0.05, 0) is 79.5 Å². The van der Waals surface area contributed by atoms with Crippen molar-refractivity contribution in [2.75, 3.05) is 26.9 Å². The van der Waals surface area contributed by atoms with Crippen LogP contribution in [-0.2, 0) is 11.2 Å². The molecule has 1 aromatic rings. The molecule has 0 radical (unpaired) electrons. The summed E-state index contributed by atoms with van der Waals surface area (Å²) in [4.78, 5) is 5.00. The second-order valence-corrected chi connectivity index (χ2v) is 9.78. The van der Waals surface area contributed by atoms with Crippen LogP contribution in [0.3, 0.4) is 0 Å². The number of rotatable bonds is 16. The van der Waals surface area contributed by atoms with E-state index in [0.29, 0.717) is 37.4 Å². The van der Waals surface area contributed by atoms with Crippen LogP contribution in [0.1, 0.15) is 80.7 Å². The maximum absolute atomic E-state index is 6.48. The van der Waals surface area contributed by atoms with E-state index in [1.165, 1.54) is 5.56 Å². The summed E-state index contributed by atoms with van der Waals surface area (Å²) < 4.78 is 18.0. The van der Waals surface area contributed by atoms with Crippen LogP contribution in [0.25, 0.3) is 0 Å². The molecule has 0 N–H and O–H groups in total. The number of aryl methyl sites for hydroxylation is 1. The number of ether oxygens (including phenoxy) is 3. The van der Waals surface area contributed by atoms with Crippen molar-refractivity contribution in [2.45, 2.75) is 112 Å². The number of methoxy groups -OCH3 is 1. The summed E-state index contributed by atoms with van der Waals surface area (Å²) in [7, 11) is 1.70. The molecule has 0 heterocycles. The predicted molar refractivity (Wildman–Crippen MR) is 136 cm³/mol. The van der Waals surface area contributed by atoms with Crippen LogP contribution in [0.15, 0.2) is 18.2 Å². The van der Waals surface area contributed by atoms with Gasteiger partial charge in [-0.3, -0.25) is 9.80 Å². The molecule has 0 saturated carbocycles. The van der Waals surface area contributed by atoms with Crippen molar-refractivity contribution in [3.05, 3.63) is 23.8 Å². The van der Waals surface area contributed by atoms with Crippen molar-refractivity contribution >= 4 is 0 Å². The van der Waals surface area contributed by atoms with E-state index in [0.717, 1.165) is 37.3 Å². The van der Waals surface area contributed by atoms with Crippen LogP contribution in [0.4, 0.5) is 0 Å². The van der Waals surface area contributed by atoms with E-state index in [-0.39, 0.29) is 6.23 Å². The highest BCUT2D eigenvalue weighted by Crippen LogP contribution is 2.28. The fourth-order valence-corrected chi connectivity index (χ4v) is 4.43. The van der Waals surface area contributed by atoms with Gasteiger partial charge >= 0.3 is 0 Å². The maximum atomic E-state index is 6.48. The Kier molecular flexibility index (Phi) is 13.3. The zero-order valence-corrected chi connectivity index (χ0v) is 22.5. The normalized spacial score (nSPS) is 13.2.